The zero-order valence-electron chi connectivity index (χ0n) is 21.0. The molecule has 0 amide bonds. The first-order valence-corrected chi connectivity index (χ1v) is 14.5. The van der Waals surface area contributed by atoms with Crippen molar-refractivity contribution in [2.75, 3.05) is 11.2 Å². The van der Waals surface area contributed by atoms with Crippen molar-refractivity contribution in [2.24, 2.45) is 11.1 Å². The molecule has 5 nitrogen and oxygen atoms in total. The van der Waals surface area contributed by atoms with E-state index in [9.17, 15) is 15.3 Å². The first kappa shape index (κ1) is 24.7. The summed E-state index contributed by atoms with van der Waals surface area (Å²) in [5, 5.41) is 21.4. The Morgan fingerprint density at radius 2 is 1.81 bits per heavy atom. The Hall–Kier alpha value is -3.00. The second-order valence-electron chi connectivity index (χ2n) is 10.6. The van der Waals surface area contributed by atoms with Crippen molar-refractivity contribution in [1.82, 2.24) is 0 Å². The van der Waals surface area contributed by atoms with Crippen molar-refractivity contribution in [2.45, 2.75) is 69.6 Å². The van der Waals surface area contributed by atoms with E-state index in [1.807, 2.05) is 35.4 Å². The van der Waals surface area contributed by atoms with E-state index < -0.39 is 5.92 Å². The SMILES string of the molecule is CSc1ccc(C2C(C#N)=C(N)N(c3sc4c(c3C#N)CCCCC4)C3=C2C(=O)CC(C)(C)C3)cc1. The summed E-state index contributed by atoms with van der Waals surface area (Å²) in [4.78, 5) is 18.0. The molecule has 1 aliphatic heterocycles. The van der Waals surface area contributed by atoms with Crippen LogP contribution in [0.2, 0.25) is 0 Å². The predicted molar refractivity (Wildman–Crippen MR) is 146 cm³/mol. The van der Waals surface area contributed by atoms with Crippen LogP contribution in [0.3, 0.4) is 0 Å². The molecule has 0 spiro atoms. The van der Waals surface area contributed by atoms with Crippen molar-refractivity contribution in [3.63, 3.8) is 0 Å². The van der Waals surface area contributed by atoms with Crippen molar-refractivity contribution in [3.8, 4) is 12.1 Å². The molecule has 2 N–H and O–H groups in total. The third-order valence-corrected chi connectivity index (χ3v) is 9.57. The molecular formula is C29H30N4OS2. The number of fused-ring (bicyclic) bond motifs is 1. The van der Waals surface area contributed by atoms with E-state index in [-0.39, 0.29) is 11.2 Å². The summed E-state index contributed by atoms with van der Waals surface area (Å²) in [5.41, 5.74) is 11.2. The lowest BCUT2D eigenvalue weighted by molar-refractivity contribution is -0.118. The van der Waals surface area contributed by atoms with E-state index in [1.54, 1.807) is 23.1 Å². The summed E-state index contributed by atoms with van der Waals surface area (Å²) in [5.74, 6) is -0.0975. The molecule has 1 unspecified atom stereocenters. The third kappa shape index (κ3) is 4.05. The van der Waals surface area contributed by atoms with Gasteiger partial charge in [-0.25, -0.2) is 0 Å². The first-order chi connectivity index (χ1) is 17.3. The highest BCUT2D eigenvalue weighted by molar-refractivity contribution is 7.98. The number of anilines is 1. The monoisotopic (exact) mass is 514 g/mol. The number of hydrogen-bond acceptors (Lipinski definition) is 7. The fraction of sp³-hybridized carbons (Fsp3) is 0.414. The van der Waals surface area contributed by atoms with Gasteiger partial charge < -0.3 is 5.73 Å². The number of allylic oxidation sites excluding steroid dienone is 3. The average Bonchev–Trinajstić information content (AvgIpc) is 3.02. The van der Waals surface area contributed by atoms with Crippen LogP contribution in [0.15, 0.2) is 51.8 Å². The summed E-state index contributed by atoms with van der Waals surface area (Å²) in [6, 6.07) is 12.9. The van der Waals surface area contributed by atoms with Crippen molar-refractivity contribution in [1.29, 1.82) is 10.5 Å². The molecule has 0 bridgehead atoms. The zero-order valence-corrected chi connectivity index (χ0v) is 22.6. The first-order valence-electron chi connectivity index (χ1n) is 12.4. The van der Waals surface area contributed by atoms with Gasteiger partial charge >= 0.3 is 0 Å². The molecular weight excluding hydrogens is 484 g/mol. The number of ketones is 1. The van der Waals surface area contributed by atoms with Crippen LogP contribution in [0.5, 0.6) is 0 Å². The van der Waals surface area contributed by atoms with Crippen LogP contribution in [0.25, 0.3) is 0 Å². The lowest BCUT2D eigenvalue weighted by Crippen LogP contribution is -2.42. The standard InChI is InChI=1S/C29H30N4OS2/c1-29(2)13-22-26(23(34)14-29)25(17-9-11-18(35-3)12-10-17)21(16-31)27(32)33(22)28-20(15-30)19-7-5-4-6-8-24(19)36-28/h9-12,25H,4-8,13-14,32H2,1-3H3. The van der Waals surface area contributed by atoms with E-state index in [0.29, 0.717) is 35.4 Å². The van der Waals surface area contributed by atoms with Gasteiger partial charge in [0.15, 0.2) is 5.78 Å². The zero-order chi connectivity index (χ0) is 25.6. The van der Waals surface area contributed by atoms with Gasteiger partial charge in [0.05, 0.1) is 23.1 Å². The van der Waals surface area contributed by atoms with E-state index in [2.05, 4.69) is 26.0 Å². The van der Waals surface area contributed by atoms with Crippen LogP contribution in [0, 0.1) is 28.1 Å². The minimum atomic E-state index is -0.496. The van der Waals surface area contributed by atoms with Gasteiger partial charge in [-0.15, -0.1) is 23.1 Å². The molecule has 7 heteroatoms. The van der Waals surface area contributed by atoms with Crippen molar-refractivity contribution in [3.05, 3.63) is 68.5 Å². The molecule has 36 heavy (non-hydrogen) atoms. The number of thioether (sulfide) groups is 1. The lowest BCUT2D eigenvalue weighted by atomic mass is 9.68. The highest BCUT2D eigenvalue weighted by Crippen LogP contribution is 2.52. The van der Waals surface area contributed by atoms with Gasteiger partial charge in [-0.1, -0.05) is 32.4 Å². The summed E-state index contributed by atoms with van der Waals surface area (Å²) in [7, 11) is 0. The number of carbonyl (C=O) groups excluding carboxylic acids is 1. The summed E-state index contributed by atoms with van der Waals surface area (Å²) in [6.07, 6.45) is 8.29. The molecule has 0 saturated carbocycles. The quantitative estimate of drug-likeness (QED) is 0.369. The van der Waals surface area contributed by atoms with E-state index in [0.717, 1.165) is 52.4 Å². The molecule has 1 aromatic carbocycles. The normalized spacial score (nSPS) is 21.4. The smallest absolute Gasteiger partial charge is 0.162 e. The average molecular weight is 515 g/mol. The number of hydrogen-bond donors (Lipinski definition) is 1. The third-order valence-electron chi connectivity index (χ3n) is 7.55. The maximum Gasteiger partial charge on any atom is 0.162 e. The Morgan fingerprint density at radius 3 is 2.47 bits per heavy atom. The second-order valence-corrected chi connectivity index (χ2v) is 12.6. The molecule has 2 aliphatic carbocycles. The fourth-order valence-electron chi connectivity index (χ4n) is 5.87. The van der Waals surface area contributed by atoms with E-state index in [1.165, 1.54) is 11.3 Å². The van der Waals surface area contributed by atoms with E-state index >= 15 is 0 Å². The Kier molecular flexibility index (Phi) is 6.49. The van der Waals surface area contributed by atoms with Gasteiger partial charge in [0.1, 0.15) is 16.9 Å². The molecule has 0 saturated heterocycles. The number of nitrogens with zero attached hydrogens (tertiary/aromatic N) is 3. The Morgan fingerprint density at radius 1 is 1.08 bits per heavy atom. The molecule has 184 valence electrons. The molecule has 0 radical (unpaired) electrons. The van der Waals surface area contributed by atoms with Gasteiger partial charge in [0.25, 0.3) is 0 Å². The van der Waals surface area contributed by atoms with Crippen LogP contribution in [0.1, 0.15) is 73.4 Å². The molecule has 2 aromatic rings. The minimum Gasteiger partial charge on any atom is -0.384 e. The highest BCUT2D eigenvalue weighted by atomic mass is 32.2. The molecule has 3 aliphatic rings. The van der Waals surface area contributed by atoms with Gasteiger partial charge in [-0.05, 0) is 67.0 Å². The molecule has 5 rings (SSSR count). The summed E-state index contributed by atoms with van der Waals surface area (Å²) in [6.45, 7) is 4.20. The Bertz CT molecular complexity index is 1380. The Balaban J connectivity index is 1.76. The van der Waals surface area contributed by atoms with Gasteiger partial charge in [0, 0.05) is 27.5 Å². The number of aryl methyl sites for hydroxylation is 1. The number of benzene rings is 1. The summed E-state index contributed by atoms with van der Waals surface area (Å²) < 4.78 is 0. The number of rotatable bonds is 3. The maximum absolute atomic E-state index is 13.8. The molecule has 0 fully saturated rings. The predicted octanol–water partition coefficient (Wildman–Crippen LogP) is 6.55. The lowest BCUT2D eigenvalue weighted by Gasteiger charge is -2.43. The molecule has 1 aromatic heterocycles. The second kappa shape index (κ2) is 9.47. The number of thiophene rings is 1. The minimum absolute atomic E-state index is 0.0575. The largest absolute Gasteiger partial charge is 0.384 e. The summed E-state index contributed by atoms with van der Waals surface area (Å²) >= 11 is 3.27. The van der Waals surface area contributed by atoms with Gasteiger partial charge in [-0.3, -0.25) is 9.69 Å². The van der Waals surface area contributed by atoms with Crippen molar-refractivity contribution < 1.29 is 4.79 Å². The van der Waals surface area contributed by atoms with Gasteiger partial charge in [0.2, 0.25) is 0 Å². The molecule has 2 heterocycles. The topological polar surface area (TPSA) is 93.9 Å². The van der Waals surface area contributed by atoms with Gasteiger partial charge in [-0.2, -0.15) is 10.5 Å². The van der Waals surface area contributed by atoms with Crippen LogP contribution in [-0.2, 0) is 17.6 Å². The fourth-order valence-corrected chi connectivity index (χ4v) is 7.66. The van der Waals surface area contributed by atoms with Crippen LogP contribution >= 0.6 is 23.1 Å². The van der Waals surface area contributed by atoms with Crippen LogP contribution < -0.4 is 10.6 Å². The van der Waals surface area contributed by atoms with Crippen molar-refractivity contribution >= 4 is 33.9 Å². The number of carbonyl (C=O) groups is 1. The van der Waals surface area contributed by atoms with E-state index in [4.69, 9.17) is 5.73 Å². The maximum atomic E-state index is 13.8. The highest BCUT2D eigenvalue weighted by Gasteiger charge is 2.45. The Labute approximate surface area is 221 Å². The number of nitrogens with two attached hydrogens (primary N) is 1. The van der Waals surface area contributed by atoms with Crippen LogP contribution in [-0.4, -0.2) is 12.0 Å². The molecule has 1 atom stereocenters. The van der Waals surface area contributed by atoms with Crippen LogP contribution in [0.4, 0.5) is 5.00 Å². The number of nitriles is 2. The number of Topliss-reactive ketones (excluding diaryl/α,β-unsaturated/α-hetero) is 1.